The van der Waals surface area contributed by atoms with Crippen molar-refractivity contribution in [3.8, 4) is 5.75 Å². The molecule has 6 nitrogen and oxygen atoms in total. The number of nitrogens with zero attached hydrogens (tertiary/aromatic N) is 1. The third kappa shape index (κ3) is 3.86. The summed E-state index contributed by atoms with van der Waals surface area (Å²) < 4.78 is 31.0. The Bertz CT molecular complexity index is 961. The zero-order chi connectivity index (χ0) is 19.1. The number of hydrogen-bond acceptors (Lipinski definition) is 4. The van der Waals surface area contributed by atoms with Crippen LogP contribution in [0, 0.1) is 0 Å². The van der Waals surface area contributed by atoms with Gasteiger partial charge in [-0.3, -0.25) is 9.10 Å². The molecule has 0 fully saturated rings. The van der Waals surface area contributed by atoms with Gasteiger partial charge in [-0.2, -0.15) is 0 Å². The van der Waals surface area contributed by atoms with E-state index in [0.717, 1.165) is 10.6 Å². The van der Waals surface area contributed by atoms with Gasteiger partial charge < -0.3 is 10.1 Å². The van der Waals surface area contributed by atoms with E-state index >= 15 is 0 Å². The molecule has 0 bridgehead atoms. The predicted octanol–water partition coefficient (Wildman–Crippen LogP) is 3.81. The maximum absolute atomic E-state index is 12.6. The van der Waals surface area contributed by atoms with Gasteiger partial charge in [-0.1, -0.05) is 40.9 Å². The smallest absolute Gasteiger partial charge is 0.267 e. The number of ether oxygens (including phenoxy) is 1. The van der Waals surface area contributed by atoms with Gasteiger partial charge >= 0.3 is 0 Å². The highest BCUT2D eigenvalue weighted by Gasteiger charge is 2.35. The van der Waals surface area contributed by atoms with Crippen molar-refractivity contribution in [1.82, 2.24) is 0 Å². The zero-order valence-corrected chi connectivity index (χ0v) is 16.5. The Morgan fingerprint density at radius 1 is 1.19 bits per heavy atom. The van der Waals surface area contributed by atoms with E-state index in [9.17, 15) is 13.2 Å². The van der Waals surface area contributed by atoms with Gasteiger partial charge in [0.05, 0.1) is 34.2 Å². The quantitative estimate of drug-likeness (QED) is 0.795. The lowest BCUT2D eigenvalue weighted by molar-refractivity contribution is -0.122. The lowest BCUT2D eigenvalue weighted by Crippen LogP contribution is -2.48. The molecule has 0 spiro atoms. The molecule has 10 heteroatoms. The number of anilines is 2. The number of rotatable bonds is 3. The lowest BCUT2D eigenvalue weighted by Gasteiger charge is -2.34. The molecule has 1 aliphatic rings. The van der Waals surface area contributed by atoms with Gasteiger partial charge in [0.15, 0.2) is 6.10 Å². The number of nitrogens with one attached hydrogen (secondary N) is 1. The largest absolute Gasteiger partial charge is 0.476 e. The Morgan fingerprint density at radius 2 is 1.85 bits per heavy atom. The fraction of sp³-hybridized carbons (Fsp3) is 0.188. The first-order valence-electron chi connectivity index (χ1n) is 7.35. The number of para-hydroxylation sites is 1. The third-order valence-corrected chi connectivity index (χ3v) is 5.71. The van der Waals surface area contributed by atoms with Crippen molar-refractivity contribution >= 4 is 62.1 Å². The average molecular weight is 436 g/mol. The summed E-state index contributed by atoms with van der Waals surface area (Å²) in [7, 11) is -3.65. The second-order valence-corrected chi connectivity index (χ2v) is 8.76. The van der Waals surface area contributed by atoms with Crippen LogP contribution in [0.15, 0.2) is 36.4 Å². The SMILES string of the molecule is CS(=O)(=O)N1C[C@@H](C(=O)Nc2c(Cl)cccc2Cl)Oc2ccc(Cl)cc21. The molecule has 0 saturated heterocycles. The molecule has 1 heterocycles. The van der Waals surface area contributed by atoms with Gasteiger partial charge in [-0.05, 0) is 30.3 Å². The number of hydrogen-bond donors (Lipinski definition) is 1. The number of carbonyl (C=O) groups excluding carboxylic acids is 1. The summed E-state index contributed by atoms with van der Waals surface area (Å²) in [6.45, 7) is -0.208. The van der Waals surface area contributed by atoms with Crippen molar-refractivity contribution in [2.75, 3.05) is 22.4 Å². The van der Waals surface area contributed by atoms with Crippen molar-refractivity contribution in [1.29, 1.82) is 0 Å². The van der Waals surface area contributed by atoms with Gasteiger partial charge in [0.1, 0.15) is 5.75 Å². The van der Waals surface area contributed by atoms with E-state index in [-0.39, 0.29) is 33.7 Å². The highest BCUT2D eigenvalue weighted by Crippen LogP contribution is 2.37. The number of benzene rings is 2. The van der Waals surface area contributed by atoms with Crippen molar-refractivity contribution in [3.05, 3.63) is 51.5 Å². The summed E-state index contributed by atoms with van der Waals surface area (Å²) in [6.07, 6.45) is -0.0474. The van der Waals surface area contributed by atoms with Crippen LogP contribution in [0.4, 0.5) is 11.4 Å². The molecule has 2 aromatic rings. The third-order valence-electron chi connectivity index (χ3n) is 3.69. The molecule has 1 amide bonds. The summed E-state index contributed by atoms with van der Waals surface area (Å²) in [4.78, 5) is 12.6. The molecule has 1 N–H and O–H groups in total. The van der Waals surface area contributed by atoms with Crippen LogP contribution in [0.2, 0.25) is 15.1 Å². The van der Waals surface area contributed by atoms with E-state index in [1.165, 1.54) is 12.1 Å². The first kappa shape index (κ1) is 19.1. The minimum Gasteiger partial charge on any atom is -0.476 e. The van der Waals surface area contributed by atoms with Crippen LogP contribution in [-0.4, -0.2) is 33.2 Å². The van der Waals surface area contributed by atoms with Gasteiger partial charge in [0.2, 0.25) is 10.0 Å². The Balaban J connectivity index is 1.92. The predicted molar refractivity (Wildman–Crippen MR) is 103 cm³/mol. The monoisotopic (exact) mass is 434 g/mol. The molecule has 0 unspecified atom stereocenters. The minimum atomic E-state index is -3.65. The number of halogens is 3. The lowest BCUT2D eigenvalue weighted by atomic mass is 10.2. The van der Waals surface area contributed by atoms with E-state index in [2.05, 4.69) is 5.32 Å². The first-order valence-corrected chi connectivity index (χ1v) is 10.3. The first-order chi connectivity index (χ1) is 12.2. The van der Waals surface area contributed by atoms with Crippen LogP contribution in [0.3, 0.4) is 0 Å². The Hall–Kier alpha value is -1.67. The molecule has 138 valence electrons. The Kier molecular flexibility index (Phi) is 5.25. The maximum atomic E-state index is 12.6. The van der Waals surface area contributed by atoms with Crippen LogP contribution in [0.25, 0.3) is 0 Å². The zero-order valence-electron chi connectivity index (χ0n) is 13.4. The molecule has 2 aromatic carbocycles. The summed E-state index contributed by atoms with van der Waals surface area (Å²) in [5.41, 5.74) is 0.511. The van der Waals surface area contributed by atoms with Gasteiger partial charge in [-0.15, -0.1) is 0 Å². The fourth-order valence-corrected chi connectivity index (χ4v) is 4.06. The topological polar surface area (TPSA) is 75.7 Å². The van der Waals surface area contributed by atoms with Crippen LogP contribution < -0.4 is 14.4 Å². The van der Waals surface area contributed by atoms with E-state index in [1.54, 1.807) is 24.3 Å². The maximum Gasteiger partial charge on any atom is 0.267 e. The van der Waals surface area contributed by atoms with Crippen molar-refractivity contribution < 1.29 is 17.9 Å². The van der Waals surface area contributed by atoms with Crippen molar-refractivity contribution in [3.63, 3.8) is 0 Å². The molecule has 26 heavy (non-hydrogen) atoms. The average Bonchev–Trinajstić information content (AvgIpc) is 2.56. The molecular weight excluding hydrogens is 423 g/mol. The normalized spacial score (nSPS) is 16.6. The molecular formula is C16H13Cl3N2O4S. The molecule has 0 saturated carbocycles. The van der Waals surface area contributed by atoms with E-state index in [0.29, 0.717) is 5.02 Å². The summed E-state index contributed by atoms with van der Waals surface area (Å²) in [5.74, 6) is -0.342. The molecule has 1 aliphatic heterocycles. The minimum absolute atomic E-state index is 0.208. The second kappa shape index (κ2) is 7.15. The molecule has 0 aromatic heterocycles. The second-order valence-electron chi connectivity index (χ2n) is 5.60. The molecule has 3 rings (SSSR count). The molecule has 0 radical (unpaired) electrons. The van der Waals surface area contributed by atoms with Crippen molar-refractivity contribution in [2.24, 2.45) is 0 Å². The highest BCUT2D eigenvalue weighted by atomic mass is 35.5. The number of carbonyl (C=O) groups is 1. The van der Waals surface area contributed by atoms with Crippen LogP contribution in [0.1, 0.15) is 0 Å². The Morgan fingerprint density at radius 3 is 2.46 bits per heavy atom. The van der Waals surface area contributed by atoms with E-state index in [4.69, 9.17) is 39.5 Å². The number of amides is 1. The standard InChI is InChI=1S/C16H13Cl3N2O4S/c1-26(23,24)21-8-14(25-13-6-5-9(17)7-12(13)21)16(22)20-15-10(18)3-2-4-11(15)19/h2-7,14H,8H2,1H3,(H,20,22)/t14-/m0/s1. The van der Waals surface area contributed by atoms with Gasteiger partial charge in [-0.25, -0.2) is 8.42 Å². The van der Waals surface area contributed by atoms with Gasteiger partial charge in [0, 0.05) is 5.02 Å². The fourth-order valence-electron chi connectivity index (χ4n) is 2.50. The summed E-state index contributed by atoms with van der Waals surface area (Å²) in [6, 6.07) is 9.32. The number of fused-ring (bicyclic) bond motifs is 1. The van der Waals surface area contributed by atoms with Crippen LogP contribution in [0.5, 0.6) is 5.75 Å². The number of sulfonamides is 1. The van der Waals surface area contributed by atoms with Gasteiger partial charge in [0.25, 0.3) is 5.91 Å². The molecule has 1 atom stereocenters. The van der Waals surface area contributed by atoms with E-state index in [1.807, 2.05) is 0 Å². The van der Waals surface area contributed by atoms with Crippen LogP contribution in [-0.2, 0) is 14.8 Å². The van der Waals surface area contributed by atoms with Crippen molar-refractivity contribution in [2.45, 2.75) is 6.10 Å². The summed E-state index contributed by atoms with van der Waals surface area (Å²) in [5, 5.41) is 3.46. The molecule has 0 aliphatic carbocycles. The highest BCUT2D eigenvalue weighted by molar-refractivity contribution is 7.92. The van der Waals surface area contributed by atoms with Crippen LogP contribution >= 0.6 is 34.8 Å². The Labute approximate surface area is 165 Å². The summed E-state index contributed by atoms with van der Waals surface area (Å²) >= 11 is 18.1. The van der Waals surface area contributed by atoms with E-state index < -0.39 is 22.0 Å².